The van der Waals surface area contributed by atoms with Crippen LogP contribution >= 0.6 is 11.6 Å². The maximum atomic E-state index is 13.1. The Kier molecular flexibility index (Phi) is 8.74. The number of nitrogens with one attached hydrogen (secondary N) is 3. The Morgan fingerprint density at radius 1 is 1.28 bits per heavy atom. The van der Waals surface area contributed by atoms with Gasteiger partial charge in [0.05, 0.1) is 0 Å². The Labute approximate surface area is 216 Å². The van der Waals surface area contributed by atoms with Crippen molar-refractivity contribution < 1.29 is 19.2 Å². The van der Waals surface area contributed by atoms with Crippen molar-refractivity contribution in [1.29, 1.82) is 0 Å². The van der Waals surface area contributed by atoms with Gasteiger partial charge in [-0.1, -0.05) is 56.7 Å². The van der Waals surface area contributed by atoms with Gasteiger partial charge in [0, 0.05) is 48.3 Å². The summed E-state index contributed by atoms with van der Waals surface area (Å²) in [5.74, 6) is -0.254. The van der Waals surface area contributed by atoms with E-state index < -0.39 is 12.1 Å². The van der Waals surface area contributed by atoms with Gasteiger partial charge in [0.25, 0.3) is 5.91 Å². The molecule has 0 radical (unpaired) electrons. The van der Waals surface area contributed by atoms with Crippen molar-refractivity contribution in [3.8, 4) is 0 Å². The molecular weight excluding hydrogens is 480 g/mol. The van der Waals surface area contributed by atoms with Crippen molar-refractivity contribution in [2.24, 2.45) is 11.3 Å². The molecule has 1 aromatic carbocycles. The second kappa shape index (κ2) is 11.6. The zero-order chi connectivity index (χ0) is 26.5. The van der Waals surface area contributed by atoms with Crippen LogP contribution in [0.4, 0.5) is 4.79 Å². The molecule has 2 aliphatic rings. The zero-order valence-electron chi connectivity index (χ0n) is 21.1. The minimum absolute atomic E-state index is 0.173. The van der Waals surface area contributed by atoms with E-state index in [-0.39, 0.29) is 43.2 Å². The van der Waals surface area contributed by atoms with Crippen LogP contribution in [0.2, 0.25) is 0 Å². The number of aldehydes is 1. The lowest BCUT2D eigenvalue weighted by atomic mass is 9.79. The molecule has 9 heteroatoms. The number of hydrogen-bond donors (Lipinski definition) is 3. The van der Waals surface area contributed by atoms with E-state index in [0.717, 1.165) is 17.4 Å². The van der Waals surface area contributed by atoms with Crippen molar-refractivity contribution in [2.75, 3.05) is 7.05 Å². The van der Waals surface area contributed by atoms with Crippen LogP contribution in [0.5, 0.6) is 0 Å². The molecule has 4 amide bonds. The molecule has 0 saturated heterocycles. The molecule has 0 aromatic heterocycles. The molecule has 8 nitrogen and oxygen atoms in total. The van der Waals surface area contributed by atoms with E-state index >= 15 is 0 Å². The van der Waals surface area contributed by atoms with E-state index in [1.807, 2.05) is 24.3 Å². The maximum absolute atomic E-state index is 13.1. The average Bonchev–Trinajstić information content (AvgIpc) is 3.09. The molecular formula is C27H33ClN4O4. The molecule has 36 heavy (non-hydrogen) atoms. The van der Waals surface area contributed by atoms with Crippen LogP contribution in [-0.4, -0.2) is 42.1 Å². The lowest BCUT2D eigenvalue weighted by Gasteiger charge is -2.26. The van der Waals surface area contributed by atoms with Gasteiger partial charge in [0.2, 0.25) is 5.91 Å². The van der Waals surface area contributed by atoms with Gasteiger partial charge >= 0.3 is 6.03 Å². The Morgan fingerprint density at radius 2 is 2.03 bits per heavy atom. The SMILES string of the molecule is CNC(=O)C(CCC=O)N1Cc2c(CNC(=O)NC3=CC(Cl)=CC(C)(C(C)C)C=C3)cccc2C1=O. The number of benzene rings is 1. The molecule has 2 atom stereocenters. The first-order chi connectivity index (χ1) is 17.1. The fourth-order valence-corrected chi connectivity index (χ4v) is 4.65. The van der Waals surface area contributed by atoms with Gasteiger partial charge in [-0.05, 0) is 41.7 Å². The van der Waals surface area contributed by atoms with E-state index in [0.29, 0.717) is 22.2 Å². The average molecular weight is 513 g/mol. The molecule has 3 N–H and O–H groups in total. The largest absolute Gasteiger partial charge is 0.357 e. The second-order valence-corrected chi connectivity index (χ2v) is 9.98. The van der Waals surface area contributed by atoms with Crippen LogP contribution in [0.3, 0.4) is 0 Å². The van der Waals surface area contributed by atoms with E-state index in [9.17, 15) is 19.2 Å². The van der Waals surface area contributed by atoms with E-state index in [1.54, 1.807) is 18.2 Å². The van der Waals surface area contributed by atoms with Gasteiger partial charge in [-0.25, -0.2) is 4.79 Å². The molecule has 1 aliphatic carbocycles. The number of fused-ring (bicyclic) bond motifs is 1. The zero-order valence-corrected chi connectivity index (χ0v) is 21.8. The summed E-state index contributed by atoms with van der Waals surface area (Å²) in [5, 5.41) is 8.78. The highest BCUT2D eigenvalue weighted by Gasteiger charge is 2.36. The normalized spacial score (nSPS) is 19.7. The van der Waals surface area contributed by atoms with Crippen molar-refractivity contribution in [2.45, 2.75) is 52.7 Å². The van der Waals surface area contributed by atoms with E-state index in [4.69, 9.17) is 11.6 Å². The molecule has 0 spiro atoms. The number of halogens is 1. The summed E-state index contributed by atoms with van der Waals surface area (Å²) in [6, 6.07) is 4.16. The first kappa shape index (κ1) is 27.2. The van der Waals surface area contributed by atoms with Crippen LogP contribution in [-0.2, 0) is 22.7 Å². The number of amides is 4. The highest BCUT2D eigenvalue weighted by molar-refractivity contribution is 6.31. The lowest BCUT2D eigenvalue weighted by molar-refractivity contribution is -0.125. The van der Waals surface area contributed by atoms with Gasteiger partial charge in [-0.15, -0.1) is 0 Å². The first-order valence-electron chi connectivity index (χ1n) is 12.0. The Morgan fingerprint density at radius 3 is 2.69 bits per heavy atom. The van der Waals surface area contributed by atoms with Crippen molar-refractivity contribution in [3.63, 3.8) is 0 Å². The second-order valence-electron chi connectivity index (χ2n) is 9.54. The first-order valence-corrected chi connectivity index (χ1v) is 12.4. The van der Waals surface area contributed by atoms with Crippen LogP contribution < -0.4 is 16.0 Å². The summed E-state index contributed by atoms with van der Waals surface area (Å²) in [4.78, 5) is 50.5. The fourth-order valence-electron chi connectivity index (χ4n) is 4.30. The summed E-state index contributed by atoms with van der Waals surface area (Å²) in [6.07, 6.45) is 8.71. The van der Waals surface area contributed by atoms with E-state index in [2.05, 4.69) is 36.7 Å². The summed E-state index contributed by atoms with van der Waals surface area (Å²) < 4.78 is 0. The maximum Gasteiger partial charge on any atom is 0.319 e. The van der Waals surface area contributed by atoms with Crippen molar-refractivity contribution >= 4 is 35.7 Å². The molecule has 1 aromatic rings. The number of hydrogen-bond acceptors (Lipinski definition) is 4. The summed E-state index contributed by atoms with van der Waals surface area (Å²) in [5.41, 5.74) is 2.38. The topological polar surface area (TPSA) is 108 Å². The molecule has 1 aliphatic heterocycles. The number of rotatable bonds is 9. The minimum atomic E-state index is -0.743. The van der Waals surface area contributed by atoms with Crippen molar-refractivity contribution in [3.05, 3.63) is 69.9 Å². The molecule has 0 fully saturated rings. The van der Waals surface area contributed by atoms with Gasteiger partial charge in [-0.2, -0.15) is 0 Å². The number of likely N-dealkylation sites (N-methyl/N-ethyl adjacent to an activating group) is 1. The van der Waals surface area contributed by atoms with Crippen LogP contribution in [0, 0.1) is 11.3 Å². The minimum Gasteiger partial charge on any atom is -0.357 e. The highest BCUT2D eigenvalue weighted by Crippen LogP contribution is 2.35. The molecule has 1 heterocycles. The molecule has 2 unspecified atom stereocenters. The fraction of sp³-hybridized carbons (Fsp3) is 0.407. The third kappa shape index (κ3) is 6.05. The Hall–Kier alpha value is -3.39. The Bertz CT molecular complexity index is 1140. The third-order valence-electron chi connectivity index (χ3n) is 6.88. The third-order valence-corrected chi connectivity index (χ3v) is 7.10. The predicted molar refractivity (Wildman–Crippen MR) is 139 cm³/mol. The van der Waals surface area contributed by atoms with Gasteiger partial charge in [0.15, 0.2) is 0 Å². The highest BCUT2D eigenvalue weighted by atomic mass is 35.5. The number of carbonyl (C=O) groups is 4. The number of allylic oxidation sites excluding steroid dienone is 5. The smallest absolute Gasteiger partial charge is 0.319 e. The van der Waals surface area contributed by atoms with Crippen LogP contribution in [0.15, 0.2) is 53.2 Å². The quantitative estimate of drug-likeness (QED) is 0.438. The van der Waals surface area contributed by atoms with Crippen LogP contribution in [0.1, 0.15) is 55.1 Å². The Balaban J connectivity index is 1.69. The monoisotopic (exact) mass is 512 g/mol. The number of nitrogens with zero attached hydrogens (tertiary/aromatic N) is 1. The summed E-state index contributed by atoms with van der Waals surface area (Å²) >= 11 is 6.37. The van der Waals surface area contributed by atoms with Gasteiger partial charge in [-0.3, -0.25) is 9.59 Å². The molecule has 0 bridgehead atoms. The number of urea groups is 1. The molecule has 0 saturated carbocycles. The lowest BCUT2D eigenvalue weighted by Crippen LogP contribution is -2.46. The molecule has 192 valence electrons. The number of carbonyl (C=O) groups excluding carboxylic acids is 4. The standard InChI is InChI=1S/C27H33ClN4O4/c1-17(2)27(3)11-10-20(13-19(28)14-27)31-26(36)30-15-18-7-5-8-21-22(18)16-32(25(21)35)23(9-6-12-33)24(34)29-4/h5,7-8,10-14,17,23H,6,9,15-16H2,1-4H3,(H,29,34)(H2,30,31,36). The molecule has 3 rings (SSSR count). The summed E-state index contributed by atoms with van der Waals surface area (Å²) in [7, 11) is 1.50. The van der Waals surface area contributed by atoms with E-state index in [1.165, 1.54) is 11.9 Å². The van der Waals surface area contributed by atoms with Gasteiger partial charge in [0.1, 0.15) is 12.3 Å². The van der Waals surface area contributed by atoms with Crippen molar-refractivity contribution in [1.82, 2.24) is 20.9 Å². The summed E-state index contributed by atoms with van der Waals surface area (Å²) in [6.45, 7) is 6.73. The van der Waals surface area contributed by atoms with Crippen LogP contribution in [0.25, 0.3) is 0 Å². The predicted octanol–water partition coefficient (Wildman–Crippen LogP) is 3.77. The van der Waals surface area contributed by atoms with Gasteiger partial charge < -0.3 is 25.6 Å².